The van der Waals surface area contributed by atoms with Crippen molar-refractivity contribution in [2.75, 3.05) is 13.2 Å². The summed E-state index contributed by atoms with van der Waals surface area (Å²) in [5, 5.41) is 0. The molecule has 0 saturated carbocycles. The molecular formula is C10H11FO2. The molecule has 1 saturated heterocycles. The van der Waals surface area contributed by atoms with Crippen molar-refractivity contribution in [3.63, 3.8) is 0 Å². The molecule has 0 aromatic heterocycles. The van der Waals surface area contributed by atoms with E-state index in [-0.39, 0.29) is 12.1 Å². The Morgan fingerprint density at radius 2 is 1.92 bits per heavy atom. The van der Waals surface area contributed by atoms with Crippen LogP contribution in [0.3, 0.4) is 0 Å². The lowest BCUT2D eigenvalue weighted by molar-refractivity contribution is -0.0443. The first-order chi connectivity index (χ1) is 6.25. The second-order valence-corrected chi connectivity index (χ2v) is 3.14. The second kappa shape index (κ2) is 3.44. The molecule has 0 bridgehead atoms. The number of hydrogen-bond acceptors (Lipinski definition) is 2. The average Bonchev–Trinajstić information content (AvgIpc) is 2.53. The minimum Gasteiger partial charge on any atom is -0.346 e. The molecule has 1 aliphatic rings. The fraction of sp³-hybridized carbons (Fsp3) is 0.400. The summed E-state index contributed by atoms with van der Waals surface area (Å²) in [5.74, 6) is -0.242. The van der Waals surface area contributed by atoms with Crippen LogP contribution >= 0.6 is 0 Å². The van der Waals surface area contributed by atoms with Crippen LogP contribution in [0, 0.1) is 12.7 Å². The summed E-state index contributed by atoms with van der Waals surface area (Å²) in [6, 6.07) is 4.81. The molecule has 1 aromatic carbocycles. The van der Waals surface area contributed by atoms with Crippen molar-refractivity contribution < 1.29 is 13.9 Å². The number of rotatable bonds is 1. The quantitative estimate of drug-likeness (QED) is 0.662. The van der Waals surface area contributed by atoms with Gasteiger partial charge in [-0.05, 0) is 24.6 Å². The third-order valence-corrected chi connectivity index (χ3v) is 1.96. The summed E-state index contributed by atoms with van der Waals surface area (Å²) in [5.41, 5.74) is 1.64. The van der Waals surface area contributed by atoms with E-state index in [2.05, 4.69) is 0 Å². The van der Waals surface area contributed by atoms with E-state index in [0.29, 0.717) is 13.2 Å². The highest BCUT2D eigenvalue weighted by Gasteiger charge is 2.18. The van der Waals surface area contributed by atoms with Crippen molar-refractivity contribution in [3.05, 3.63) is 35.1 Å². The normalized spacial score (nSPS) is 18.0. The van der Waals surface area contributed by atoms with Crippen LogP contribution < -0.4 is 0 Å². The standard InChI is InChI=1S/C10H11FO2/c1-7-4-8(6-9(11)5-7)10-12-2-3-13-10/h4-6,10H,2-3H2,1H3. The molecule has 2 nitrogen and oxygen atoms in total. The molecule has 1 aliphatic heterocycles. The molecule has 1 aromatic rings. The number of benzene rings is 1. The first-order valence-corrected chi connectivity index (χ1v) is 4.26. The Bertz CT molecular complexity index is 286. The van der Waals surface area contributed by atoms with Crippen molar-refractivity contribution in [1.82, 2.24) is 0 Å². The lowest BCUT2D eigenvalue weighted by atomic mass is 10.1. The third kappa shape index (κ3) is 1.87. The summed E-state index contributed by atoms with van der Waals surface area (Å²) >= 11 is 0. The van der Waals surface area contributed by atoms with Gasteiger partial charge in [0, 0.05) is 5.56 Å². The van der Waals surface area contributed by atoms with Gasteiger partial charge in [0.1, 0.15) is 5.82 Å². The van der Waals surface area contributed by atoms with E-state index in [4.69, 9.17) is 9.47 Å². The summed E-state index contributed by atoms with van der Waals surface area (Å²) in [7, 11) is 0. The first-order valence-electron chi connectivity index (χ1n) is 4.26. The van der Waals surface area contributed by atoms with Crippen LogP contribution in [0.5, 0.6) is 0 Å². The minimum atomic E-state index is -0.380. The Morgan fingerprint density at radius 3 is 2.54 bits per heavy atom. The molecule has 0 unspecified atom stereocenters. The van der Waals surface area contributed by atoms with E-state index in [1.165, 1.54) is 12.1 Å². The Morgan fingerprint density at radius 1 is 1.23 bits per heavy atom. The third-order valence-electron chi connectivity index (χ3n) is 1.96. The van der Waals surface area contributed by atoms with Gasteiger partial charge in [-0.25, -0.2) is 4.39 Å². The summed E-state index contributed by atoms with van der Waals surface area (Å²) in [6.07, 6.45) is -0.380. The second-order valence-electron chi connectivity index (χ2n) is 3.14. The van der Waals surface area contributed by atoms with Crippen molar-refractivity contribution in [2.24, 2.45) is 0 Å². The molecular weight excluding hydrogens is 171 g/mol. The molecule has 0 N–H and O–H groups in total. The van der Waals surface area contributed by atoms with Gasteiger partial charge in [0.05, 0.1) is 13.2 Å². The summed E-state index contributed by atoms with van der Waals surface area (Å²) in [6.45, 7) is 3.02. The smallest absolute Gasteiger partial charge is 0.184 e. The van der Waals surface area contributed by atoms with Crippen molar-refractivity contribution in [2.45, 2.75) is 13.2 Å². The van der Waals surface area contributed by atoms with E-state index in [9.17, 15) is 4.39 Å². The highest BCUT2D eigenvalue weighted by molar-refractivity contribution is 5.24. The van der Waals surface area contributed by atoms with Gasteiger partial charge in [-0.15, -0.1) is 0 Å². The van der Waals surface area contributed by atoms with Gasteiger partial charge in [0.2, 0.25) is 0 Å². The molecule has 13 heavy (non-hydrogen) atoms. The summed E-state index contributed by atoms with van der Waals surface area (Å²) in [4.78, 5) is 0. The maximum atomic E-state index is 13.0. The zero-order chi connectivity index (χ0) is 9.26. The van der Waals surface area contributed by atoms with Crippen LogP contribution in [-0.2, 0) is 9.47 Å². The van der Waals surface area contributed by atoms with Gasteiger partial charge in [0.25, 0.3) is 0 Å². The van der Waals surface area contributed by atoms with E-state index >= 15 is 0 Å². The lowest BCUT2D eigenvalue weighted by Crippen LogP contribution is -1.99. The van der Waals surface area contributed by atoms with Gasteiger partial charge >= 0.3 is 0 Å². The molecule has 0 radical (unpaired) electrons. The van der Waals surface area contributed by atoms with Crippen LogP contribution in [-0.4, -0.2) is 13.2 Å². The number of hydrogen-bond donors (Lipinski definition) is 0. The number of halogens is 1. The fourth-order valence-electron chi connectivity index (χ4n) is 1.45. The number of aryl methyl sites for hydroxylation is 1. The monoisotopic (exact) mass is 182 g/mol. The Labute approximate surface area is 76.3 Å². The Balaban J connectivity index is 2.28. The Kier molecular flexibility index (Phi) is 2.29. The molecule has 0 amide bonds. The summed E-state index contributed by atoms with van der Waals surface area (Å²) < 4.78 is 23.5. The maximum absolute atomic E-state index is 13.0. The Hall–Kier alpha value is -0.930. The maximum Gasteiger partial charge on any atom is 0.184 e. The van der Waals surface area contributed by atoms with Gasteiger partial charge in [0.15, 0.2) is 6.29 Å². The molecule has 1 fully saturated rings. The predicted molar refractivity (Wildman–Crippen MR) is 45.8 cm³/mol. The molecule has 0 spiro atoms. The van der Waals surface area contributed by atoms with E-state index in [0.717, 1.165) is 11.1 Å². The highest BCUT2D eigenvalue weighted by Crippen LogP contribution is 2.24. The van der Waals surface area contributed by atoms with Gasteiger partial charge in [-0.2, -0.15) is 0 Å². The van der Waals surface area contributed by atoms with Crippen molar-refractivity contribution in [1.29, 1.82) is 0 Å². The molecule has 2 rings (SSSR count). The van der Waals surface area contributed by atoms with E-state index in [1.807, 2.05) is 13.0 Å². The van der Waals surface area contributed by atoms with Crippen LogP contribution in [0.1, 0.15) is 17.4 Å². The van der Waals surface area contributed by atoms with Crippen molar-refractivity contribution >= 4 is 0 Å². The topological polar surface area (TPSA) is 18.5 Å². The van der Waals surface area contributed by atoms with Gasteiger partial charge in [-0.1, -0.05) is 6.07 Å². The minimum absolute atomic E-state index is 0.242. The van der Waals surface area contributed by atoms with Gasteiger partial charge in [-0.3, -0.25) is 0 Å². The average molecular weight is 182 g/mol. The molecule has 0 atom stereocenters. The first kappa shape index (κ1) is 8.66. The van der Waals surface area contributed by atoms with E-state index in [1.54, 1.807) is 0 Å². The van der Waals surface area contributed by atoms with Gasteiger partial charge < -0.3 is 9.47 Å². The van der Waals surface area contributed by atoms with Crippen LogP contribution in [0.4, 0.5) is 4.39 Å². The molecule has 0 aliphatic carbocycles. The van der Waals surface area contributed by atoms with Crippen LogP contribution in [0.2, 0.25) is 0 Å². The lowest BCUT2D eigenvalue weighted by Gasteiger charge is -2.09. The highest BCUT2D eigenvalue weighted by atomic mass is 19.1. The number of ether oxygens (including phenoxy) is 2. The van der Waals surface area contributed by atoms with Crippen LogP contribution in [0.25, 0.3) is 0 Å². The predicted octanol–water partition coefficient (Wildman–Crippen LogP) is 2.18. The molecule has 1 heterocycles. The van der Waals surface area contributed by atoms with Crippen molar-refractivity contribution in [3.8, 4) is 0 Å². The van der Waals surface area contributed by atoms with E-state index < -0.39 is 0 Å². The van der Waals surface area contributed by atoms with Crippen LogP contribution in [0.15, 0.2) is 18.2 Å². The SMILES string of the molecule is Cc1cc(F)cc(C2OCCO2)c1. The zero-order valence-electron chi connectivity index (χ0n) is 7.42. The largest absolute Gasteiger partial charge is 0.346 e. The molecule has 3 heteroatoms. The fourth-order valence-corrected chi connectivity index (χ4v) is 1.45. The zero-order valence-corrected chi connectivity index (χ0v) is 7.42. The molecule has 70 valence electrons.